The van der Waals surface area contributed by atoms with Crippen molar-refractivity contribution in [3.63, 3.8) is 0 Å². The molecule has 0 unspecified atom stereocenters. The normalized spacial score (nSPS) is 23.8. The lowest BCUT2D eigenvalue weighted by molar-refractivity contribution is 0.217. The molecule has 2 N–H and O–H groups in total. The third-order valence-electron chi connectivity index (χ3n) is 5.60. The second-order valence-electron chi connectivity index (χ2n) is 7.81. The average Bonchev–Trinajstić information content (AvgIpc) is 3.40. The van der Waals surface area contributed by atoms with Crippen LogP contribution < -0.4 is 14.8 Å². The van der Waals surface area contributed by atoms with Crippen molar-refractivity contribution < 1.29 is 13.2 Å². The van der Waals surface area contributed by atoms with Crippen LogP contribution in [0.15, 0.2) is 47.6 Å². The summed E-state index contributed by atoms with van der Waals surface area (Å²) >= 11 is 0. The van der Waals surface area contributed by atoms with Gasteiger partial charge in [0.15, 0.2) is 0 Å². The molecule has 2 aromatic rings. The van der Waals surface area contributed by atoms with Gasteiger partial charge in [0.2, 0.25) is 10.0 Å². The Kier molecular flexibility index (Phi) is 5.66. The summed E-state index contributed by atoms with van der Waals surface area (Å²) in [6.45, 7) is 4.15. The van der Waals surface area contributed by atoms with Gasteiger partial charge in [-0.2, -0.15) is 0 Å². The van der Waals surface area contributed by atoms with Crippen LogP contribution >= 0.6 is 0 Å². The molecule has 7 heteroatoms. The van der Waals surface area contributed by atoms with Crippen LogP contribution in [0, 0.1) is 12.8 Å². The lowest BCUT2D eigenvalue weighted by Gasteiger charge is -2.27. The van der Waals surface area contributed by atoms with E-state index >= 15 is 0 Å². The van der Waals surface area contributed by atoms with Crippen molar-refractivity contribution in [2.75, 3.05) is 19.7 Å². The highest BCUT2D eigenvalue weighted by atomic mass is 32.2. The van der Waals surface area contributed by atoms with E-state index in [-0.39, 0.29) is 0 Å². The highest BCUT2D eigenvalue weighted by molar-refractivity contribution is 7.89. The molecule has 1 aliphatic heterocycles. The Labute approximate surface area is 166 Å². The smallest absolute Gasteiger partial charge is 0.240 e. The van der Waals surface area contributed by atoms with E-state index in [1.54, 1.807) is 18.3 Å². The van der Waals surface area contributed by atoms with E-state index in [0.29, 0.717) is 35.9 Å². The fourth-order valence-corrected chi connectivity index (χ4v) is 4.61. The molecule has 0 amide bonds. The molecule has 2 fully saturated rings. The van der Waals surface area contributed by atoms with Crippen molar-refractivity contribution >= 4 is 10.0 Å². The fourth-order valence-electron chi connectivity index (χ4n) is 3.56. The number of aromatic nitrogens is 1. The molecular weight excluding hydrogens is 374 g/mol. The largest absolute Gasteiger partial charge is 0.490 e. The molecule has 3 atom stereocenters. The number of hydrogen-bond acceptors (Lipinski definition) is 5. The van der Waals surface area contributed by atoms with Gasteiger partial charge < -0.3 is 10.1 Å². The molecule has 2 aliphatic rings. The number of rotatable bonds is 9. The van der Waals surface area contributed by atoms with Crippen LogP contribution in [0.3, 0.4) is 0 Å². The van der Waals surface area contributed by atoms with Gasteiger partial charge in [-0.1, -0.05) is 17.7 Å². The molecule has 1 aromatic carbocycles. The quantitative estimate of drug-likeness (QED) is 0.675. The van der Waals surface area contributed by atoms with E-state index in [4.69, 9.17) is 4.74 Å². The second-order valence-corrected chi connectivity index (χ2v) is 9.57. The van der Waals surface area contributed by atoms with Crippen molar-refractivity contribution in [2.45, 2.75) is 43.0 Å². The first-order valence-electron chi connectivity index (χ1n) is 9.89. The summed E-state index contributed by atoms with van der Waals surface area (Å²) in [5, 5.41) is 3.32. The molecule has 1 saturated carbocycles. The van der Waals surface area contributed by atoms with Gasteiger partial charge in [-0.05, 0) is 68.3 Å². The zero-order valence-corrected chi connectivity index (χ0v) is 16.9. The Morgan fingerprint density at radius 3 is 2.75 bits per heavy atom. The number of hydrogen-bond donors (Lipinski definition) is 2. The van der Waals surface area contributed by atoms with E-state index in [1.807, 2.05) is 25.3 Å². The Bertz CT molecular complexity index is 911. The first-order valence-corrected chi connectivity index (χ1v) is 11.4. The van der Waals surface area contributed by atoms with Crippen LogP contribution in [0.1, 0.15) is 36.3 Å². The SMILES string of the molecule is Cc1ccc(S(=O)(=O)NCC[C@@H]2C[C@@H]2c2cncc(OC[C@@H]3CCN3)c2)cc1. The summed E-state index contributed by atoms with van der Waals surface area (Å²) in [4.78, 5) is 4.63. The molecule has 150 valence electrons. The summed E-state index contributed by atoms with van der Waals surface area (Å²) in [5.41, 5.74) is 2.23. The topological polar surface area (TPSA) is 80.3 Å². The first kappa shape index (κ1) is 19.4. The highest BCUT2D eigenvalue weighted by Crippen LogP contribution is 2.49. The van der Waals surface area contributed by atoms with E-state index in [9.17, 15) is 8.42 Å². The maximum Gasteiger partial charge on any atom is 0.240 e. The number of aryl methyl sites for hydroxylation is 1. The van der Waals surface area contributed by atoms with E-state index in [0.717, 1.165) is 37.1 Å². The maximum atomic E-state index is 12.4. The number of sulfonamides is 1. The van der Waals surface area contributed by atoms with Crippen LogP contribution in [-0.2, 0) is 10.0 Å². The summed E-state index contributed by atoms with van der Waals surface area (Å²) in [6, 6.07) is 9.46. The van der Waals surface area contributed by atoms with Gasteiger partial charge in [0.1, 0.15) is 12.4 Å². The molecule has 28 heavy (non-hydrogen) atoms. The van der Waals surface area contributed by atoms with Crippen LogP contribution in [0.25, 0.3) is 0 Å². The van der Waals surface area contributed by atoms with Gasteiger partial charge in [0, 0.05) is 18.8 Å². The Hall–Kier alpha value is -1.96. The van der Waals surface area contributed by atoms with Gasteiger partial charge in [-0.25, -0.2) is 13.1 Å². The van der Waals surface area contributed by atoms with Crippen LogP contribution in [-0.4, -0.2) is 39.1 Å². The minimum atomic E-state index is -3.43. The van der Waals surface area contributed by atoms with Gasteiger partial charge in [-0.15, -0.1) is 0 Å². The van der Waals surface area contributed by atoms with Crippen molar-refractivity contribution in [1.82, 2.24) is 15.0 Å². The number of nitrogens with one attached hydrogen (secondary N) is 2. The monoisotopic (exact) mass is 401 g/mol. The minimum Gasteiger partial charge on any atom is -0.490 e. The average molecular weight is 402 g/mol. The summed E-state index contributed by atoms with van der Waals surface area (Å²) < 4.78 is 33.3. The number of nitrogens with zero attached hydrogens (tertiary/aromatic N) is 1. The van der Waals surface area contributed by atoms with Crippen molar-refractivity contribution in [3.05, 3.63) is 53.9 Å². The maximum absolute atomic E-state index is 12.4. The predicted molar refractivity (Wildman–Crippen MR) is 108 cm³/mol. The van der Waals surface area contributed by atoms with Crippen molar-refractivity contribution in [1.29, 1.82) is 0 Å². The van der Waals surface area contributed by atoms with Gasteiger partial charge in [0.25, 0.3) is 0 Å². The molecule has 1 saturated heterocycles. The number of benzene rings is 1. The Morgan fingerprint density at radius 1 is 1.25 bits per heavy atom. The summed E-state index contributed by atoms with van der Waals surface area (Å²) in [5.74, 6) is 1.75. The van der Waals surface area contributed by atoms with Gasteiger partial charge in [0.05, 0.1) is 11.1 Å². The van der Waals surface area contributed by atoms with E-state index in [2.05, 4.69) is 21.1 Å². The van der Waals surface area contributed by atoms with Crippen molar-refractivity contribution in [3.8, 4) is 5.75 Å². The molecule has 1 aromatic heterocycles. The number of ether oxygens (including phenoxy) is 1. The Balaban J connectivity index is 1.25. The van der Waals surface area contributed by atoms with Crippen molar-refractivity contribution in [2.24, 2.45) is 5.92 Å². The molecule has 0 spiro atoms. The third-order valence-corrected chi connectivity index (χ3v) is 7.08. The predicted octanol–water partition coefficient (Wildman–Crippen LogP) is 2.60. The van der Waals surface area contributed by atoms with E-state index in [1.165, 1.54) is 5.56 Å². The third kappa shape index (κ3) is 4.71. The molecular formula is C21H27N3O3S. The number of pyridine rings is 1. The fraction of sp³-hybridized carbons (Fsp3) is 0.476. The Morgan fingerprint density at radius 2 is 2.04 bits per heavy atom. The van der Waals surface area contributed by atoms with Crippen LogP contribution in [0.2, 0.25) is 0 Å². The lowest BCUT2D eigenvalue weighted by Crippen LogP contribution is -2.46. The zero-order valence-electron chi connectivity index (χ0n) is 16.1. The van der Waals surface area contributed by atoms with Gasteiger partial charge in [-0.3, -0.25) is 4.98 Å². The molecule has 0 radical (unpaired) electrons. The molecule has 1 aliphatic carbocycles. The molecule has 2 heterocycles. The summed E-state index contributed by atoms with van der Waals surface area (Å²) in [7, 11) is -3.43. The minimum absolute atomic E-state index is 0.320. The molecule has 0 bridgehead atoms. The van der Waals surface area contributed by atoms with Gasteiger partial charge >= 0.3 is 0 Å². The zero-order chi connectivity index (χ0) is 19.6. The molecule has 6 nitrogen and oxygen atoms in total. The lowest BCUT2D eigenvalue weighted by atomic mass is 10.1. The molecule has 4 rings (SSSR count). The van der Waals surface area contributed by atoms with Crippen LogP contribution in [0.5, 0.6) is 5.75 Å². The van der Waals surface area contributed by atoms with E-state index < -0.39 is 10.0 Å². The first-order chi connectivity index (χ1) is 13.5. The van der Waals surface area contributed by atoms with Crippen LogP contribution in [0.4, 0.5) is 0 Å². The highest BCUT2D eigenvalue weighted by Gasteiger charge is 2.38. The standard InChI is InChI=1S/C21H27N3O3S/c1-15-2-4-20(5-3-15)28(25,26)24-9-6-16-11-21(16)17-10-19(13-22-12-17)27-14-18-7-8-23-18/h2-5,10,12-13,16,18,21,23-24H,6-9,11,14H2,1H3/t16-,18+,21+/m1/s1. The summed E-state index contributed by atoms with van der Waals surface area (Å²) in [6.07, 6.45) is 6.72. The second kappa shape index (κ2) is 8.19.